The van der Waals surface area contributed by atoms with Gasteiger partial charge in [-0.2, -0.15) is 0 Å². The standard InChI is InChI=1S/C22H22N2O5/c1-16-7-5-6-10-19(16)27-14-13-21(25)23-24-22(26)20-12-11-18(29-20)15-28-17-8-3-2-4-9-17/h2-12H,13-15H2,1H3,(H,23,25)(H,24,26). The van der Waals surface area contributed by atoms with Gasteiger partial charge in [0.05, 0.1) is 13.0 Å². The number of furan rings is 1. The lowest BCUT2D eigenvalue weighted by Crippen LogP contribution is -2.41. The molecule has 0 fully saturated rings. The van der Waals surface area contributed by atoms with Gasteiger partial charge in [0.15, 0.2) is 5.76 Å². The Labute approximate surface area is 168 Å². The molecule has 2 aromatic carbocycles. The lowest BCUT2D eigenvalue weighted by Gasteiger charge is -2.09. The molecule has 0 spiro atoms. The third-order valence-corrected chi connectivity index (χ3v) is 4.01. The van der Waals surface area contributed by atoms with Crippen molar-refractivity contribution >= 4 is 11.8 Å². The van der Waals surface area contributed by atoms with Crippen molar-refractivity contribution in [1.82, 2.24) is 10.9 Å². The van der Waals surface area contributed by atoms with E-state index in [4.69, 9.17) is 13.9 Å². The van der Waals surface area contributed by atoms with E-state index >= 15 is 0 Å². The van der Waals surface area contributed by atoms with Crippen molar-refractivity contribution in [2.24, 2.45) is 0 Å². The summed E-state index contributed by atoms with van der Waals surface area (Å²) in [6.07, 6.45) is 0.100. The number of hydrogen-bond donors (Lipinski definition) is 2. The quantitative estimate of drug-likeness (QED) is 0.572. The molecule has 1 aromatic heterocycles. The normalized spacial score (nSPS) is 10.2. The molecule has 0 aliphatic rings. The van der Waals surface area contributed by atoms with Crippen LogP contribution < -0.4 is 20.3 Å². The van der Waals surface area contributed by atoms with Crippen LogP contribution in [0.3, 0.4) is 0 Å². The average molecular weight is 394 g/mol. The smallest absolute Gasteiger partial charge is 0.305 e. The van der Waals surface area contributed by atoms with Crippen molar-refractivity contribution in [1.29, 1.82) is 0 Å². The van der Waals surface area contributed by atoms with Gasteiger partial charge in [0.2, 0.25) is 5.91 Å². The van der Waals surface area contributed by atoms with Gasteiger partial charge in [0.25, 0.3) is 0 Å². The molecule has 3 rings (SSSR count). The Morgan fingerprint density at radius 2 is 1.66 bits per heavy atom. The first-order chi connectivity index (χ1) is 14.1. The Morgan fingerprint density at radius 1 is 0.897 bits per heavy atom. The molecule has 29 heavy (non-hydrogen) atoms. The van der Waals surface area contributed by atoms with Crippen LogP contribution in [0.5, 0.6) is 11.5 Å². The fourth-order valence-corrected chi connectivity index (χ4v) is 2.47. The second kappa shape index (κ2) is 9.98. The zero-order valence-electron chi connectivity index (χ0n) is 16.0. The average Bonchev–Trinajstić information content (AvgIpc) is 3.22. The summed E-state index contributed by atoms with van der Waals surface area (Å²) in [5, 5.41) is 0. The van der Waals surface area contributed by atoms with Crippen molar-refractivity contribution in [3.63, 3.8) is 0 Å². The molecule has 0 atom stereocenters. The van der Waals surface area contributed by atoms with E-state index in [0.717, 1.165) is 11.3 Å². The van der Waals surface area contributed by atoms with Crippen molar-refractivity contribution in [3.05, 3.63) is 83.8 Å². The molecule has 0 saturated carbocycles. The summed E-state index contributed by atoms with van der Waals surface area (Å²) < 4.78 is 16.6. The highest BCUT2D eigenvalue weighted by Gasteiger charge is 2.13. The zero-order valence-corrected chi connectivity index (χ0v) is 16.0. The summed E-state index contributed by atoms with van der Waals surface area (Å²) in [7, 11) is 0. The van der Waals surface area contributed by atoms with E-state index < -0.39 is 5.91 Å². The molecule has 0 bridgehead atoms. The van der Waals surface area contributed by atoms with Crippen molar-refractivity contribution < 1.29 is 23.5 Å². The molecule has 0 radical (unpaired) electrons. The number of nitrogens with one attached hydrogen (secondary N) is 2. The third-order valence-electron chi connectivity index (χ3n) is 4.01. The molecule has 150 valence electrons. The molecule has 3 aromatic rings. The van der Waals surface area contributed by atoms with Gasteiger partial charge in [0.1, 0.15) is 23.9 Å². The number of ether oxygens (including phenoxy) is 2. The highest BCUT2D eigenvalue weighted by molar-refractivity contribution is 5.92. The van der Waals surface area contributed by atoms with Gasteiger partial charge in [-0.1, -0.05) is 36.4 Å². The Hall–Kier alpha value is -3.74. The van der Waals surface area contributed by atoms with Gasteiger partial charge in [-0.05, 0) is 42.8 Å². The number of benzene rings is 2. The number of carbonyl (C=O) groups excluding carboxylic acids is 2. The molecule has 7 nitrogen and oxygen atoms in total. The van der Waals surface area contributed by atoms with E-state index in [2.05, 4.69) is 10.9 Å². The van der Waals surface area contributed by atoms with Crippen molar-refractivity contribution in [2.75, 3.05) is 6.61 Å². The maximum Gasteiger partial charge on any atom is 0.305 e. The maximum absolute atomic E-state index is 12.1. The van der Waals surface area contributed by atoms with E-state index in [1.54, 1.807) is 6.07 Å². The van der Waals surface area contributed by atoms with E-state index in [-0.39, 0.29) is 31.3 Å². The maximum atomic E-state index is 12.1. The fourth-order valence-electron chi connectivity index (χ4n) is 2.47. The zero-order chi connectivity index (χ0) is 20.5. The van der Waals surface area contributed by atoms with E-state index in [0.29, 0.717) is 11.5 Å². The van der Waals surface area contributed by atoms with Crippen LogP contribution >= 0.6 is 0 Å². The molecule has 2 N–H and O–H groups in total. The Balaban J connectivity index is 1.38. The number of aryl methyl sites for hydroxylation is 1. The molecule has 0 aliphatic carbocycles. The van der Waals surface area contributed by atoms with Gasteiger partial charge in [0, 0.05) is 0 Å². The SMILES string of the molecule is Cc1ccccc1OCCC(=O)NNC(=O)c1ccc(COc2ccccc2)o1. The minimum atomic E-state index is -0.552. The van der Waals surface area contributed by atoms with Gasteiger partial charge < -0.3 is 13.9 Å². The number of hydrogen-bond acceptors (Lipinski definition) is 5. The molecular weight excluding hydrogens is 372 g/mol. The Bertz CT molecular complexity index is 953. The number of para-hydroxylation sites is 2. The Morgan fingerprint density at radius 3 is 2.45 bits per heavy atom. The molecule has 7 heteroatoms. The molecule has 2 amide bonds. The largest absolute Gasteiger partial charge is 0.493 e. The monoisotopic (exact) mass is 394 g/mol. The molecule has 0 unspecified atom stereocenters. The number of carbonyl (C=O) groups is 2. The van der Waals surface area contributed by atoms with Crippen LogP contribution in [0.15, 0.2) is 71.1 Å². The summed E-state index contributed by atoms with van der Waals surface area (Å²) >= 11 is 0. The summed E-state index contributed by atoms with van der Waals surface area (Å²) in [4.78, 5) is 23.9. The topological polar surface area (TPSA) is 89.8 Å². The van der Waals surface area contributed by atoms with Crippen molar-refractivity contribution in [2.45, 2.75) is 20.0 Å². The second-order valence-corrected chi connectivity index (χ2v) is 6.23. The molecule has 1 heterocycles. The number of hydrazine groups is 1. The van der Waals surface area contributed by atoms with Gasteiger partial charge in [-0.15, -0.1) is 0 Å². The van der Waals surface area contributed by atoms with Crippen LogP contribution in [-0.4, -0.2) is 18.4 Å². The van der Waals surface area contributed by atoms with Gasteiger partial charge >= 0.3 is 5.91 Å². The van der Waals surface area contributed by atoms with Crippen LogP contribution in [0.1, 0.15) is 28.3 Å². The fraction of sp³-hybridized carbons (Fsp3) is 0.182. The van der Waals surface area contributed by atoms with Crippen LogP contribution in [0, 0.1) is 6.92 Å². The van der Waals surface area contributed by atoms with Crippen LogP contribution in [0.2, 0.25) is 0 Å². The van der Waals surface area contributed by atoms with Crippen LogP contribution in [0.25, 0.3) is 0 Å². The predicted octanol–water partition coefficient (Wildman–Crippen LogP) is 3.40. The van der Waals surface area contributed by atoms with Gasteiger partial charge in [-0.25, -0.2) is 0 Å². The van der Waals surface area contributed by atoms with Crippen LogP contribution in [-0.2, 0) is 11.4 Å². The predicted molar refractivity (Wildman–Crippen MR) is 106 cm³/mol. The van der Waals surface area contributed by atoms with Crippen molar-refractivity contribution in [3.8, 4) is 11.5 Å². The first-order valence-electron chi connectivity index (χ1n) is 9.16. The molecular formula is C22H22N2O5. The van der Waals surface area contributed by atoms with E-state index in [1.807, 2.05) is 61.5 Å². The minimum absolute atomic E-state index is 0.0770. The number of rotatable bonds is 8. The lowest BCUT2D eigenvalue weighted by molar-refractivity contribution is -0.122. The first-order valence-corrected chi connectivity index (χ1v) is 9.16. The second-order valence-electron chi connectivity index (χ2n) is 6.23. The lowest BCUT2D eigenvalue weighted by atomic mass is 10.2. The molecule has 0 saturated heterocycles. The van der Waals surface area contributed by atoms with E-state index in [1.165, 1.54) is 6.07 Å². The van der Waals surface area contributed by atoms with Crippen LogP contribution in [0.4, 0.5) is 0 Å². The highest BCUT2D eigenvalue weighted by Crippen LogP contribution is 2.16. The minimum Gasteiger partial charge on any atom is -0.493 e. The number of amides is 2. The summed E-state index contributed by atoms with van der Waals surface area (Å²) in [5.41, 5.74) is 5.65. The summed E-state index contributed by atoms with van der Waals surface area (Å²) in [5.74, 6) is 1.08. The summed E-state index contributed by atoms with van der Waals surface area (Å²) in [6, 6.07) is 20.0. The Kier molecular flexibility index (Phi) is 6.89. The van der Waals surface area contributed by atoms with Gasteiger partial charge in [-0.3, -0.25) is 20.4 Å². The third kappa shape index (κ3) is 6.14. The molecule has 0 aliphatic heterocycles. The first kappa shape index (κ1) is 20.0. The highest BCUT2D eigenvalue weighted by atomic mass is 16.5. The summed E-state index contributed by atoms with van der Waals surface area (Å²) in [6.45, 7) is 2.33. The van der Waals surface area contributed by atoms with E-state index in [9.17, 15) is 9.59 Å².